The number of H-pyrrole nitrogens is 1. The lowest BCUT2D eigenvalue weighted by Crippen LogP contribution is -2.35. The van der Waals surface area contributed by atoms with Crippen molar-refractivity contribution in [2.75, 3.05) is 6.61 Å². The minimum Gasteiger partial charge on any atom is -0.396 e. The molecule has 1 atom stereocenters. The van der Waals surface area contributed by atoms with Crippen LogP contribution < -0.4 is 5.32 Å². The Morgan fingerprint density at radius 2 is 2.38 bits per heavy atom. The van der Waals surface area contributed by atoms with Crippen molar-refractivity contribution >= 4 is 5.91 Å². The maximum atomic E-state index is 11.7. The van der Waals surface area contributed by atoms with Crippen LogP contribution in [0.2, 0.25) is 0 Å². The van der Waals surface area contributed by atoms with Gasteiger partial charge >= 0.3 is 0 Å². The number of hydrogen-bond donors (Lipinski definition) is 3. The Morgan fingerprint density at radius 1 is 1.62 bits per heavy atom. The van der Waals surface area contributed by atoms with E-state index < -0.39 is 0 Å². The molecule has 0 saturated carbocycles. The van der Waals surface area contributed by atoms with Crippen LogP contribution in [0, 0.1) is 0 Å². The van der Waals surface area contributed by atoms with Crippen LogP contribution in [0.5, 0.6) is 0 Å². The molecule has 5 nitrogen and oxygen atoms in total. The predicted octanol–water partition coefficient (Wildman–Crippen LogP) is 0.863. The summed E-state index contributed by atoms with van der Waals surface area (Å²) in [5.41, 5.74) is 1.36. The maximum absolute atomic E-state index is 11.7. The first-order valence-electron chi connectivity index (χ1n) is 5.67. The molecule has 16 heavy (non-hydrogen) atoms. The molecule has 3 N–H and O–H groups in total. The van der Waals surface area contributed by atoms with Gasteiger partial charge in [-0.2, -0.15) is 5.10 Å². The largest absolute Gasteiger partial charge is 0.396 e. The SMILES string of the molecule is CCc1cc(C(=O)NC(CC)CCO)n[nH]1. The van der Waals surface area contributed by atoms with Gasteiger partial charge in [0.15, 0.2) is 0 Å². The highest BCUT2D eigenvalue weighted by Gasteiger charge is 2.14. The number of hydrogen-bond acceptors (Lipinski definition) is 3. The lowest BCUT2D eigenvalue weighted by atomic mass is 10.1. The summed E-state index contributed by atoms with van der Waals surface area (Å²) in [7, 11) is 0. The van der Waals surface area contributed by atoms with Crippen LogP contribution in [-0.4, -0.2) is 33.9 Å². The van der Waals surface area contributed by atoms with Crippen molar-refractivity contribution in [1.29, 1.82) is 0 Å². The number of amides is 1. The van der Waals surface area contributed by atoms with Crippen LogP contribution in [0.25, 0.3) is 0 Å². The molecule has 1 aromatic rings. The number of aliphatic hydroxyl groups is 1. The highest BCUT2D eigenvalue weighted by molar-refractivity contribution is 5.92. The van der Waals surface area contributed by atoms with Gasteiger partial charge in [0.2, 0.25) is 0 Å². The van der Waals surface area contributed by atoms with Gasteiger partial charge in [-0.05, 0) is 25.3 Å². The van der Waals surface area contributed by atoms with E-state index in [1.807, 2.05) is 13.8 Å². The summed E-state index contributed by atoms with van der Waals surface area (Å²) in [4.78, 5) is 11.7. The van der Waals surface area contributed by atoms with Gasteiger partial charge in [0.1, 0.15) is 5.69 Å². The highest BCUT2D eigenvalue weighted by Crippen LogP contribution is 2.03. The standard InChI is InChI=1S/C11H19N3O2/c1-3-8(5-6-15)12-11(16)10-7-9(4-2)13-14-10/h7-8,15H,3-6H2,1-2H3,(H,12,16)(H,13,14). The van der Waals surface area contributed by atoms with Crippen molar-refractivity contribution < 1.29 is 9.90 Å². The maximum Gasteiger partial charge on any atom is 0.271 e. The molecule has 1 aromatic heterocycles. The Kier molecular flexibility index (Phi) is 4.98. The monoisotopic (exact) mass is 225 g/mol. The zero-order valence-corrected chi connectivity index (χ0v) is 9.79. The Morgan fingerprint density at radius 3 is 2.88 bits per heavy atom. The zero-order chi connectivity index (χ0) is 12.0. The van der Waals surface area contributed by atoms with Crippen molar-refractivity contribution in [3.63, 3.8) is 0 Å². The topological polar surface area (TPSA) is 78.0 Å². The molecule has 90 valence electrons. The van der Waals surface area contributed by atoms with E-state index in [-0.39, 0.29) is 18.6 Å². The number of aryl methyl sites for hydroxylation is 1. The zero-order valence-electron chi connectivity index (χ0n) is 9.79. The third-order valence-electron chi connectivity index (χ3n) is 2.55. The first-order chi connectivity index (χ1) is 7.71. The number of carbonyl (C=O) groups is 1. The smallest absolute Gasteiger partial charge is 0.271 e. The average Bonchev–Trinajstić information content (AvgIpc) is 2.76. The Labute approximate surface area is 95.3 Å². The molecule has 0 aliphatic carbocycles. The van der Waals surface area contributed by atoms with E-state index in [0.29, 0.717) is 12.1 Å². The van der Waals surface area contributed by atoms with Crippen LogP contribution in [0.3, 0.4) is 0 Å². The summed E-state index contributed by atoms with van der Waals surface area (Å²) in [6.07, 6.45) is 2.21. The quantitative estimate of drug-likeness (QED) is 0.672. The molecule has 0 aliphatic heterocycles. The molecule has 0 aromatic carbocycles. The molecule has 0 saturated heterocycles. The van der Waals surface area contributed by atoms with Crippen molar-refractivity contribution in [1.82, 2.24) is 15.5 Å². The van der Waals surface area contributed by atoms with Gasteiger partial charge in [-0.3, -0.25) is 9.89 Å². The van der Waals surface area contributed by atoms with Crippen LogP contribution in [0.4, 0.5) is 0 Å². The third-order valence-corrected chi connectivity index (χ3v) is 2.55. The highest BCUT2D eigenvalue weighted by atomic mass is 16.3. The minimum absolute atomic E-state index is 0.0132. The Balaban J connectivity index is 2.56. The van der Waals surface area contributed by atoms with E-state index in [4.69, 9.17) is 5.11 Å². The van der Waals surface area contributed by atoms with Gasteiger partial charge in [-0.1, -0.05) is 13.8 Å². The number of nitrogens with one attached hydrogen (secondary N) is 2. The van der Waals surface area contributed by atoms with Gasteiger partial charge in [0.05, 0.1) is 0 Å². The van der Waals surface area contributed by atoms with Gasteiger partial charge in [0, 0.05) is 18.3 Å². The van der Waals surface area contributed by atoms with Crippen LogP contribution in [0.1, 0.15) is 42.9 Å². The lowest BCUT2D eigenvalue weighted by molar-refractivity contribution is 0.0924. The molecular formula is C11H19N3O2. The Bertz CT molecular complexity index is 336. The number of nitrogens with zero attached hydrogens (tertiary/aromatic N) is 1. The molecule has 1 rings (SSSR count). The first kappa shape index (κ1) is 12.7. The number of aromatic amines is 1. The molecule has 0 spiro atoms. The number of carbonyl (C=O) groups excluding carboxylic acids is 1. The van der Waals surface area contributed by atoms with Crippen molar-refractivity contribution in [3.8, 4) is 0 Å². The number of aliphatic hydroxyl groups excluding tert-OH is 1. The fraction of sp³-hybridized carbons (Fsp3) is 0.636. The number of rotatable bonds is 6. The molecule has 0 radical (unpaired) electrons. The normalized spacial score (nSPS) is 12.4. The molecule has 0 fully saturated rings. The van der Waals surface area contributed by atoms with E-state index in [1.165, 1.54) is 0 Å². The van der Waals surface area contributed by atoms with E-state index in [1.54, 1.807) is 6.07 Å². The molecule has 0 aliphatic rings. The summed E-state index contributed by atoms with van der Waals surface area (Å²) in [5, 5.41) is 18.4. The second-order valence-corrected chi connectivity index (χ2v) is 3.72. The fourth-order valence-corrected chi connectivity index (χ4v) is 1.45. The lowest BCUT2D eigenvalue weighted by Gasteiger charge is -2.14. The molecular weight excluding hydrogens is 206 g/mol. The second-order valence-electron chi connectivity index (χ2n) is 3.72. The summed E-state index contributed by atoms with van der Waals surface area (Å²) >= 11 is 0. The van der Waals surface area contributed by atoms with E-state index >= 15 is 0 Å². The van der Waals surface area contributed by atoms with Crippen molar-refractivity contribution in [2.45, 2.75) is 39.2 Å². The predicted molar refractivity (Wildman–Crippen MR) is 61.2 cm³/mol. The first-order valence-corrected chi connectivity index (χ1v) is 5.67. The molecule has 1 heterocycles. The van der Waals surface area contributed by atoms with Gasteiger partial charge in [-0.15, -0.1) is 0 Å². The molecule has 5 heteroatoms. The van der Waals surface area contributed by atoms with Crippen LogP contribution in [0.15, 0.2) is 6.07 Å². The van der Waals surface area contributed by atoms with Crippen molar-refractivity contribution in [2.24, 2.45) is 0 Å². The van der Waals surface area contributed by atoms with Gasteiger partial charge < -0.3 is 10.4 Å². The van der Waals surface area contributed by atoms with Crippen LogP contribution >= 0.6 is 0 Å². The van der Waals surface area contributed by atoms with E-state index in [9.17, 15) is 4.79 Å². The second kappa shape index (κ2) is 6.27. The minimum atomic E-state index is -0.184. The summed E-state index contributed by atoms with van der Waals surface area (Å²) in [6, 6.07) is 1.76. The fourth-order valence-electron chi connectivity index (χ4n) is 1.45. The van der Waals surface area contributed by atoms with E-state index in [0.717, 1.165) is 18.5 Å². The molecule has 1 amide bonds. The molecule has 0 bridgehead atoms. The van der Waals surface area contributed by atoms with Gasteiger partial charge in [-0.25, -0.2) is 0 Å². The summed E-state index contributed by atoms with van der Waals surface area (Å²) in [6.45, 7) is 4.05. The Hall–Kier alpha value is -1.36. The van der Waals surface area contributed by atoms with Gasteiger partial charge in [0.25, 0.3) is 5.91 Å². The molecule has 1 unspecified atom stereocenters. The van der Waals surface area contributed by atoms with Crippen molar-refractivity contribution in [3.05, 3.63) is 17.5 Å². The summed E-state index contributed by atoms with van der Waals surface area (Å²) in [5.74, 6) is -0.184. The average molecular weight is 225 g/mol. The number of aromatic nitrogens is 2. The van der Waals surface area contributed by atoms with Crippen LogP contribution in [-0.2, 0) is 6.42 Å². The summed E-state index contributed by atoms with van der Waals surface area (Å²) < 4.78 is 0. The van der Waals surface area contributed by atoms with E-state index in [2.05, 4.69) is 15.5 Å². The third kappa shape index (κ3) is 3.34.